The highest BCUT2D eigenvalue weighted by Gasteiger charge is 2.28. The number of nitrogens with zero attached hydrogens (tertiary/aromatic N) is 1. The second kappa shape index (κ2) is 6.20. The number of aromatic nitrogens is 2. The van der Waals surface area contributed by atoms with Gasteiger partial charge in [0.25, 0.3) is 0 Å². The Morgan fingerprint density at radius 2 is 1.36 bits per heavy atom. The first-order valence-corrected chi connectivity index (χ1v) is 9.26. The van der Waals surface area contributed by atoms with Crippen LogP contribution in [0.1, 0.15) is 11.1 Å². The van der Waals surface area contributed by atoms with E-state index in [2.05, 4.69) is 43.4 Å². The number of fused-ring (bicyclic) bond motifs is 3. The molecule has 0 aliphatic carbocycles. The highest BCUT2D eigenvalue weighted by molar-refractivity contribution is 6.05. The van der Waals surface area contributed by atoms with Crippen LogP contribution in [0.2, 0.25) is 0 Å². The largest absolute Gasteiger partial charge is 0.435 e. The number of pyridine rings is 1. The molecule has 0 amide bonds. The molecule has 0 saturated carbocycles. The van der Waals surface area contributed by atoms with Gasteiger partial charge >= 0.3 is 11.1 Å². The molecule has 0 fully saturated rings. The summed E-state index contributed by atoms with van der Waals surface area (Å²) in [6, 6.07) is 24.5. The van der Waals surface area contributed by atoms with E-state index >= 15 is 0 Å². The molecule has 0 bridgehead atoms. The Bertz CT molecular complexity index is 1380. The van der Waals surface area contributed by atoms with Gasteiger partial charge in [0.2, 0.25) is 5.52 Å². The Morgan fingerprint density at radius 3 is 2.00 bits per heavy atom. The average Bonchev–Trinajstić information content (AvgIpc) is 3.11. The lowest BCUT2D eigenvalue weighted by Gasteiger charge is -2.12. The second-order valence-corrected chi connectivity index (χ2v) is 7.10. The van der Waals surface area contributed by atoms with Gasteiger partial charge in [-0.25, -0.2) is 4.79 Å². The molecule has 0 atom stereocenters. The van der Waals surface area contributed by atoms with E-state index in [0.29, 0.717) is 5.52 Å². The van der Waals surface area contributed by atoms with Gasteiger partial charge in [-0.2, -0.15) is 0 Å². The minimum Gasteiger partial charge on any atom is -0.282 e. The minimum atomic E-state index is -0.379. The van der Waals surface area contributed by atoms with Crippen LogP contribution in [-0.2, 0) is 0 Å². The fourth-order valence-corrected chi connectivity index (χ4v) is 3.89. The molecule has 2 heterocycles. The molecule has 2 aromatic heterocycles. The zero-order valence-electron chi connectivity index (χ0n) is 15.7. The number of hydrogen-bond acceptors (Lipinski definition) is 2. The summed E-state index contributed by atoms with van der Waals surface area (Å²) in [5.74, 6) is 0. The number of benzene rings is 3. The van der Waals surface area contributed by atoms with E-state index in [1.54, 1.807) is 4.52 Å². The number of rotatable bonds is 2. The number of aromatic amines is 1. The van der Waals surface area contributed by atoms with Gasteiger partial charge in [0.15, 0.2) is 0 Å². The molecular formula is C24H19N2O2+. The van der Waals surface area contributed by atoms with Crippen molar-refractivity contribution in [3.63, 3.8) is 0 Å². The molecule has 0 spiro atoms. The highest BCUT2D eigenvalue weighted by Crippen LogP contribution is 2.39. The van der Waals surface area contributed by atoms with Crippen LogP contribution in [0.25, 0.3) is 38.7 Å². The third-order valence-electron chi connectivity index (χ3n) is 5.38. The molecule has 4 nitrogen and oxygen atoms in total. The molecule has 0 saturated heterocycles. The maximum absolute atomic E-state index is 12.7. The van der Waals surface area contributed by atoms with Crippen molar-refractivity contribution in [3.05, 3.63) is 94.3 Å². The van der Waals surface area contributed by atoms with Crippen molar-refractivity contribution in [2.45, 2.75) is 13.8 Å². The van der Waals surface area contributed by atoms with Gasteiger partial charge in [0.05, 0.1) is 10.9 Å². The lowest BCUT2D eigenvalue weighted by atomic mass is 9.90. The first-order valence-electron chi connectivity index (χ1n) is 9.26. The van der Waals surface area contributed by atoms with Crippen molar-refractivity contribution >= 4 is 16.4 Å². The van der Waals surface area contributed by atoms with Crippen LogP contribution in [0.15, 0.2) is 82.1 Å². The van der Waals surface area contributed by atoms with Gasteiger partial charge in [-0.1, -0.05) is 60.7 Å². The summed E-state index contributed by atoms with van der Waals surface area (Å²) in [7, 11) is 0. The van der Waals surface area contributed by atoms with Gasteiger partial charge in [-0.15, -0.1) is 0 Å². The molecular weight excluding hydrogens is 348 g/mol. The average molecular weight is 367 g/mol. The monoisotopic (exact) mass is 367 g/mol. The van der Waals surface area contributed by atoms with Crippen molar-refractivity contribution < 1.29 is 9.04 Å². The van der Waals surface area contributed by atoms with Gasteiger partial charge in [0, 0.05) is 11.6 Å². The number of hydrogen-bond donors (Lipinski definition) is 1. The summed E-state index contributed by atoms with van der Waals surface area (Å²) >= 11 is 0. The molecule has 4 heteroatoms. The van der Waals surface area contributed by atoms with Gasteiger partial charge in [-0.3, -0.25) is 4.52 Å². The molecule has 28 heavy (non-hydrogen) atoms. The third-order valence-corrected chi connectivity index (χ3v) is 5.38. The fourth-order valence-electron chi connectivity index (χ4n) is 3.89. The minimum absolute atomic E-state index is 0.379. The quantitative estimate of drug-likeness (QED) is 0.455. The van der Waals surface area contributed by atoms with Crippen LogP contribution in [0, 0.1) is 13.8 Å². The Hall–Kier alpha value is -3.66. The first-order chi connectivity index (χ1) is 13.6. The Balaban J connectivity index is 2.10. The smallest absolute Gasteiger partial charge is 0.282 e. The maximum atomic E-state index is 12.7. The molecule has 3 aromatic carbocycles. The van der Waals surface area contributed by atoms with E-state index in [4.69, 9.17) is 4.52 Å². The van der Waals surface area contributed by atoms with E-state index in [1.165, 1.54) is 5.56 Å². The van der Waals surface area contributed by atoms with Crippen LogP contribution in [0.4, 0.5) is 0 Å². The van der Waals surface area contributed by atoms with Crippen LogP contribution in [0.5, 0.6) is 0 Å². The Kier molecular flexibility index (Phi) is 3.66. The lowest BCUT2D eigenvalue weighted by molar-refractivity contribution is -0.567. The normalized spacial score (nSPS) is 11.4. The number of H-pyrrole nitrogens is 1. The maximum Gasteiger partial charge on any atom is 0.435 e. The predicted molar refractivity (Wildman–Crippen MR) is 110 cm³/mol. The zero-order valence-corrected chi connectivity index (χ0v) is 15.7. The van der Waals surface area contributed by atoms with E-state index in [1.807, 2.05) is 48.5 Å². The standard InChI is InChI=1S/C24H18N2O2/c1-15-13-19-20(14-16(15)2)26-23(24(27)28-25-26)22(18-11-7-4-8-12-18)21(19)17-9-5-3-6-10-17/h3-14H,1-2H3/p+1. The summed E-state index contributed by atoms with van der Waals surface area (Å²) in [6.45, 7) is 4.19. The summed E-state index contributed by atoms with van der Waals surface area (Å²) in [5.41, 5.74) is 7.38. The van der Waals surface area contributed by atoms with Gasteiger partial charge in [-0.05, 0) is 52.0 Å². The number of nitrogens with one attached hydrogen (secondary N) is 1. The van der Waals surface area contributed by atoms with Crippen molar-refractivity contribution in [1.29, 1.82) is 0 Å². The van der Waals surface area contributed by atoms with E-state index in [-0.39, 0.29) is 5.63 Å². The molecule has 5 aromatic rings. The molecule has 0 unspecified atom stereocenters. The van der Waals surface area contributed by atoms with Crippen LogP contribution in [-0.4, -0.2) is 5.27 Å². The lowest BCUT2D eigenvalue weighted by Crippen LogP contribution is -2.27. The molecule has 136 valence electrons. The zero-order chi connectivity index (χ0) is 19.3. The summed E-state index contributed by atoms with van der Waals surface area (Å²) in [4.78, 5) is 12.7. The van der Waals surface area contributed by atoms with E-state index in [9.17, 15) is 4.79 Å². The summed E-state index contributed by atoms with van der Waals surface area (Å²) in [5, 5.41) is 3.87. The molecule has 5 rings (SSSR count). The van der Waals surface area contributed by atoms with Crippen LogP contribution >= 0.6 is 0 Å². The summed E-state index contributed by atoms with van der Waals surface area (Å²) in [6.07, 6.45) is 0. The van der Waals surface area contributed by atoms with E-state index in [0.717, 1.165) is 38.7 Å². The van der Waals surface area contributed by atoms with Crippen LogP contribution in [0.3, 0.4) is 0 Å². The first kappa shape index (κ1) is 16.5. The van der Waals surface area contributed by atoms with Crippen molar-refractivity contribution in [2.24, 2.45) is 0 Å². The molecule has 0 aliphatic rings. The predicted octanol–water partition coefficient (Wildman–Crippen LogP) is 4.81. The topological polar surface area (TPSA) is 50.1 Å². The van der Waals surface area contributed by atoms with Crippen molar-refractivity contribution in [1.82, 2.24) is 5.27 Å². The molecule has 0 aliphatic heterocycles. The second-order valence-electron chi connectivity index (χ2n) is 7.10. The number of aryl methyl sites for hydroxylation is 2. The third kappa shape index (κ3) is 2.38. The van der Waals surface area contributed by atoms with Gasteiger partial charge < -0.3 is 0 Å². The highest BCUT2D eigenvalue weighted by atomic mass is 16.5. The van der Waals surface area contributed by atoms with E-state index < -0.39 is 0 Å². The Labute approximate surface area is 161 Å². The van der Waals surface area contributed by atoms with Gasteiger partial charge in [0.1, 0.15) is 0 Å². The summed E-state index contributed by atoms with van der Waals surface area (Å²) < 4.78 is 6.99. The Morgan fingerprint density at radius 1 is 0.786 bits per heavy atom. The van der Waals surface area contributed by atoms with Crippen molar-refractivity contribution in [2.75, 3.05) is 0 Å². The van der Waals surface area contributed by atoms with Crippen molar-refractivity contribution in [3.8, 4) is 22.3 Å². The SMILES string of the molecule is Cc1cc2c(-c3ccccc3)c(-c3ccccc3)c3c(=O)o[nH][n+]3c2cc1C. The molecule has 1 N–H and O–H groups in total. The van der Waals surface area contributed by atoms with Crippen LogP contribution < -0.4 is 10.1 Å². The molecule has 0 radical (unpaired) electrons. The fraction of sp³-hybridized carbons (Fsp3) is 0.0833.